The van der Waals surface area contributed by atoms with Gasteiger partial charge in [-0.1, -0.05) is 256 Å². The largest absolute Gasteiger partial charge is 0.608 e. The Labute approximate surface area is 284 Å². The van der Waals surface area contributed by atoms with Crippen molar-refractivity contribution in [1.29, 1.82) is 0 Å². The lowest BCUT2D eigenvalue weighted by molar-refractivity contribution is 0.558. The summed E-state index contributed by atoms with van der Waals surface area (Å²) in [6.07, 6.45) is 0. The van der Waals surface area contributed by atoms with Crippen molar-refractivity contribution >= 4 is 53.7 Å². The summed E-state index contributed by atoms with van der Waals surface area (Å²) in [4.78, 5) is 0. The smallest absolute Gasteiger partial charge is 0.0648 e. The van der Waals surface area contributed by atoms with Crippen molar-refractivity contribution in [3.8, 4) is 0 Å². The highest BCUT2D eigenvalue weighted by Crippen LogP contribution is 2.97. The van der Waals surface area contributed by atoms with Crippen LogP contribution in [0, 0.1) is 0 Å². The Morgan fingerprint density at radius 2 is 0.326 bits per heavy atom. The van der Waals surface area contributed by atoms with Crippen LogP contribution in [-0.2, 0) is 0 Å². The van der Waals surface area contributed by atoms with Crippen LogP contribution >= 0.6 is 30.4 Å². The van der Waals surface area contributed by atoms with Gasteiger partial charge in [0.05, 0.1) is 0 Å². The van der Waals surface area contributed by atoms with Crippen LogP contribution in [0.4, 0.5) is 0 Å². The van der Waals surface area contributed by atoms with Crippen LogP contribution < -0.4 is 0 Å². The Balaban J connectivity index is 8.47. The molecule has 43 heavy (non-hydrogen) atoms. The SMILES string of the molecule is CC(C)(C)[Si]([P-]P([P-][Si](C(C)(C)C)(C(C)(C)C)C(C)(C)C)[P-][Si](C(C)(C)C)(C(C)(C)C)C(C)(C)C)(C(C)(C)C)C(C)(C)C. The third-order valence-corrected chi connectivity index (χ3v) is 81.3. The normalized spacial score (nSPS) is 18.2. The molecule has 0 aromatic carbocycles. The Morgan fingerprint density at radius 3 is 0.395 bits per heavy atom. The summed E-state index contributed by atoms with van der Waals surface area (Å²) in [5.41, 5.74) is 0. The van der Waals surface area contributed by atoms with Crippen LogP contribution in [0.1, 0.15) is 187 Å². The summed E-state index contributed by atoms with van der Waals surface area (Å²) in [5.74, 6) is 0. The zero-order chi connectivity index (χ0) is 35.7. The molecule has 0 aliphatic carbocycles. The van der Waals surface area contributed by atoms with E-state index in [9.17, 15) is 0 Å². The summed E-state index contributed by atoms with van der Waals surface area (Å²) < 4.78 is 0. The lowest BCUT2D eigenvalue weighted by atomic mass is 10.2. The van der Waals surface area contributed by atoms with Crippen LogP contribution in [0.15, 0.2) is 0 Å². The van der Waals surface area contributed by atoms with Crippen molar-refractivity contribution in [3.63, 3.8) is 0 Å². The van der Waals surface area contributed by atoms with E-state index >= 15 is 0 Å². The summed E-state index contributed by atoms with van der Waals surface area (Å²) in [6.45, 7) is 70.8. The molecule has 0 rings (SSSR count). The quantitative estimate of drug-likeness (QED) is 0.189. The highest BCUT2D eigenvalue weighted by molar-refractivity contribution is 8.86. The molecule has 260 valence electrons. The minimum absolute atomic E-state index is 0.301. The fourth-order valence-corrected chi connectivity index (χ4v) is 116. The van der Waals surface area contributed by atoms with E-state index in [2.05, 4.69) is 187 Å². The zero-order valence-electron chi connectivity index (χ0n) is 34.8. The fraction of sp³-hybridized carbons (Fsp3) is 1.00. The van der Waals surface area contributed by atoms with E-state index in [0.29, 0.717) is 45.3 Å². The first-order valence-electron chi connectivity index (χ1n) is 17.0. The van der Waals surface area contributed by atoms with Gasteiger partial charge in [0.1, 0.15) is 0 Å². The van der Waals surface area contributed by atoms with Gasteiger partial charge in [0.25, 0.3) is 0 Å². The summed E-state index contributed by atoms with van der Waals surface area (Å²) >= 11 is 0. The topological polar surface area (TPSA) is 0 Å². The van der Waals surface area contributed by atoms with Crippen LogP contribution in [0.2, 0.25) is 45.3 Å². The second kappa shape index (κ2) is 12.9. The Morgan fingerprint density at radius 1 is 0.233 bits per heavy atom. The molecule has 0 nitrogen and oxygen atoms in total. The first-order chi connectivity index (χ1) is 18.0. The molecule has 0 saturated carbocycles. The zero-order valence-corrected chi connectivity index (χ0v) is 41.4. The molecule has 0 amide bonds. The predicted molar refractivity (Wildman–Crippen MR) is 222 cm³/mol. The molecular formula is C36H81P4Si3-3. The van der Waals surface area contributed by atoms with Crippen molar-refractivity contribution in [1.82, 2.24) is 0 Å². The molecule has 0 radical (unpaired) electrons. The minimum Gasteiger partial charge on any atom is -0.608 e. The van der Waals surface area contributed by atoms with Gasteiger partial charge in [-0.05, 0) is 0 Å². The van der Waals surface area contributed by atoms with Gasteiger partial charge in [-0.25, -0.2) is 0 Å². The van der Waals surface area contributed by atoms with Crippen molar-refractivity contribution in [2.24, 2.45) is 0 Å². The Kier molecular flexibility index (Phi) is 13.6. The molecule has 0 saturated heterocycles. The van der Waals surface area contributed by atoms with E-state index in [1.54, 1.807) is 0 Å². The maximum atomic E-state index is 2.63. The number of hydrogen-bond donors (Lipinski definition) is 0. The van der Waals surface area contributed by atoms with Gasteiger partial charge in [-0.2, -0.15) is 0 Å². The van der Waals surface area contributed by atoms with Gasteiger partial charge >= 0.3 is 0 Å². The monoisotopic (exact) mass is 721 g/mol. The summed E-state index contributed by atoms with van der Waals surface area (Å²) in [7, 11) is -0.309. The molecule has 0 aliphatic heterocycles. The van der Waals surface area contributed by atoms with Gasteiger partial charge in [0, 0.05) is 0 Å². The minimum atomic E-state index is -1.99. The van der Waals surface area contributed by atoms with Crippen LogP contribution in [0.3, 0.4) is 0 Å². The highest BCUT2D eigenvalue weighted by Gasteiger charge is 2.54. The second-order valence-electron chi connectivity index (χ2n) is 22.9. The fourth-order valence-electron chi connectivity index (χ4n) is 11.9. The summed E-state index contributed by atoms with van der Waals surface area (Å²) in [6, 6.07) is 0. The lowest BCUT2D eigenvalue weighted by Crippen LogP contribution is -2.56. The standard InChI is InChI=1S/C36H81P4Si3/c1-28(2,3)41(29(4,5)6,30(7,8)9)37-40(38-42(31(10,11)12,32(13,14)15)33(16,17)18)39-43(34(19,20)21,35(22,23)24)36(25,26)27/h1-27H3/q-3. The molecule has 0 bridgehead atoms. The first-order valence-corrected chi connectivity index (χ1v) is 31.7. The number of hydrogen-bond acceptors (Lipinski definition) is 0. The van der Waals surface area contributed by atoms with E-state index in [1.165, 1.54) is 0 Å². The highest BCUT2D eigenvalue weighted by atomic mass is 32.8. The molecular weight excluding hydrogens is 641 g/mol. The average molecular weight is 722 g/mol. The molecule has 0 aliphatic rings. The summed E-state index contributed by atoms with van der Waals surface area (Å²) in [5, 5.41) is 2.76. The molecule has 0 heterocycles. The van der Waals surface area contributed by atoms with Crippen molar-refractivity contribution < 1.29 is 0 Å². The van der Waals surface area contributed by atoms with Crippen molar-refractivity contribution in [2.45, 2.75) is 232 Å². The molecule has 0 aromatic rings. The maximum absolute atomic E-state index is 2.63. The molecule has 0 N–H and O–H groups in total. The second-order valence-corrected chi connectivity index (χ2v) is 61.5. The Bertz CT molecular complexity index is 692. The maximum Gasteiger partial charge on any atom is -0.0648 e. The van der Waals surface area contributed by atoms with Gasteiger partial charge in [-0.3, -0.25) is 0 Å². The van der Waals surface area contributed by atoms with Gasteiger partial charge < -0.3 is 30.4 Å². The van der Waals surface area contributed by atoms with Crippen LogP contribution in [-0.4, -0.2) is 23.2 Å². The number of rotatable bonds is 6. The lowest BCUT2D eigenvalue weighted by Gasteiger charge is -2.86. The molecule has 0 fully saturated rings. The first kappa shape index (κ1) is 45.4. The molecule has 0 spiro atoms. The van der Waals surface area contributed by atoms with Crippen molar-refractivity contribution in [3.05, 3.63) is 0 Å². The van der Waals surface area contributed by atoms with Crippen LogP contribution in [0.25, 0.3) is 0 Å². The molecule has 7 heteroatoms. The van der Waals surface area contributed by atoms with Crippen LogP contribution in [0.5, 0.6) is 0 Å². The van der Waals surface area contributed by atoms with E-state index < -0.39 is 23.2 Å². The third-order valence-electron chi connectivity index (χ3n) is 10.5. The van der Waals surface area contributed by atoms with E-state index in [1.807, 2.05) is 23.5 Å². The van der Waals surface area contributed by atoms with Crippen molar-refractivity contribution in [2.75, 3.05) is 0 Å². The van der Waals surface area contributed by atoms with E-state index in [4.69, 9.17) is 0 Å². The van der Waals surface area contributed by atoms with E-state index in [-0.39, 0.29) is 6.99 Å². The molecule has 0 atom stereocenters. The predicted octanol–water partition coefficient (Wildman–Crippen LogP) is 18.1. The molecule has 0 unspecified atom stereocenters. The third kappa shape index (κ3) is 8.23. The van der Waals surface area contributed by atoms with Gasteiger partial charge in [-0.15, -0.1) is 0 Å². The Hall–Kier alpha value is 2.37. The van der Waals surface area contributed by atoms with Gasteiger partial charge in [0.15, 0.2) is 0 Å². The average Bonchev–Trinajstić information content (AvgIpc) is 2.57. The van der Waals surface area contributed by atoms with Gasteiger partial charge in [0.2, 0.25) is 0 Å². The molecule has 0 aromatic heterocycles. The van der Waals surface area contributed by atoms with E-state index in [0.717, 1.165) is 0 Å².